The van der Waals surface area contributed by atoms with Crippen LogP contribution < -0.4 is 11.1 Å². The Balaban J connectivity index is 0.0000367. The Hall–Kier alpha value is -3.45. The monoisotopic (exact) mass is 1540 g/mol. The van der Waals surface area contributed by atoms with Crippen LogP contribution in [0.1, 0.15) is 44.0 Å². The minimum atomic E-state index is -0.874. The lowest BCUT2D eigenvalue weighted by Crippen LogP contribution is -2.54. The average molecular weight is 1540 g/mol. The van der Waals surface area contributed by atoms with Crippen LogP contribution in [0, 0.1) is 12.3 Å². The molecule has 2 aromatic rings. The van der Waals surface area contributed by atoms with Gasteiger partial charge in [0.1, 0.15) is 19.3 Å². The number of aliphatic hydroxyl groups excluding tert-OH is 1. The van der Waals surface area contributed by atoms with Gasteiger partial charge in [-0.25, -0.2) is 9.78 Å². The SMILES string of the molecule is COCCOCCOCCOCCOCCOCCOCCOCCOCCOCCOCCOCCOCCOCCOCCOCCOCCOCCOCCOCCOCCOCCOCC(=O)OCc1cc(-c2scnc2C)ccc1CNC(=O)[C@@H]1C[C@@H](O)CN1C(=O)[C@@H](N)C(C)(C)C.Cl. The minimum absolute atomic E-state index is 0. The van der Waals surface area contributed by atoms with Crippen molar-refractivity contribution in [2.45, 2.75) is 65.5 Å². The van der Waals surface area contributed by atoms with E-state index >= 15 is 0 Å². The van der Waals surface area contributed by atoms with Crippen LogP contribution in [0.5, 0.6) is 0 Å². The summed E-state index contributed by atoms with van der Waals surface area (Å²) in [6.45, 7) is 27.5. The van der Waals surface area contributed by atoms with Gasteiger partial charge >= 0.3 is 5.97 Å². The number of nitrogens with one attached hydrogen (secondary N) is 1. The van der Waals surface area contributed by atoms with Crippen LogP contribution in [0.2, 0.25) is 0 Å². The maximum absolute atomic E-state index is 13.5. The predicted octanol–water partition coefficient (Wildman–Crippen LogP) is 2.55. The number of nitrogens with two attached hydrogens (primary N) is 1. The number of benzene rings is 1. The van der Waals surface area contributed by atoms with Gasteiger partial charge in [-0.3, -0.25) is 9.59 Å². The van der Waals surface area contributed by atoms with Gasteiger partial charge in [0.05, 0.1) is 319 Å². The molecule has 3 atom stereocenters. The van der Waals surface area contributed by atoms with Crippen LogP contribution in [-0.2, 0) is 141 Å². The molecule has 1 fully saturated rings. The van der Waals surface area contributed by atoms with Gasteiger partial charge in [-0.05, 0) is 35.1 Å². The molecule has 34 heteroatoms. The van der Waals surface area contributed by atoms with Crippen LogP contribution in [0.4, 0.5) is 0 Å². The number of methoxy groups -OCH3 is 1. The molecule has 104 heavy (non-hydrogen) atoms. The third-order valence-corrected chi connectivity index (χ3v) is 15.6. The number of ether oxygens (including phenoxy) is 24. The first kappa shape index (κ1) is 96.6. The zero-order valence-electron chi connectivity index (χ0n) is 62.4. The number of halogens is 1. The molecule has 0 spiro atoms. The molecule has 0 saturated carbocycles. The zero-order valence-corrected chi connectivity index (χ0v) is 64.1. The molecule has 3 rings (SSSR count). The molecule has 606 valence electrons. The van der Waals surface area contributed by atoms with E-state index in [2.05, 4.69) is 10.3 Å². The normalized spacial score (nSPS) is 14.2. The molecule has 0 unspecified atom stereocenters. The lowest BCUT2D eigenvalue weighted by Gasteiger charge is -2.32. The van der Waals surface area contributed by atoms with Gasteiger partial charge < -0.3 is 135 Å². The highest BCUT2D eigenvalue weighted by molar-refractivity contribution is 7.13. The van der Waals surface area contributed by atoms with Crippen molar-refractivity contribution in [3.8, 4) is 10.4 Å². The summed E-state index contributed by atoms with van der Waals surface area (Å²) in [6, 6.07) is 3.98. The molecule has 0 aliphatic carbocycles. The first-order valence-corrected chi connectivity index (χ1v) is 36.7. The molecule has 1 aliphatic rings. The Morgan fingerprint density at radius 3 is 1.07 bits per heavy atom. The number of nitrogens with zero attached hydrogens (tertiary/aromatic N) is 2. The molecule has 1 aliphatic heterocycles. The quantitative estimate of drug-likeness (QED) is 0.0633. The third kappa shape index (κ3) is 53.4. The van der Waals surface area contributed by atoms with E-state index < -0.39 is 35.5 Å². The lowest BCUT2D eigenvalue weighted by atomic mass is 9.86. The number of carbonyl (C=O) groups excluding carboxylic acids is 3. The number of rotatable bonds is 75. The number of thiazole rings is 1. The van der Waals surface area contributed by atoms with Gasteiger partial charge in [0.25, 0.3) is 0 Å². The van der Waals surface area contributed by atoms with Crippen LogP contribution in [-0.4, -0.2) is 362 Å². The van der Waals surface area contributed by atoms with Crippen LogP contribution >= 0.6 is 23.7 Å². The average Bonchev–Trinajstić information content (AvgIpc) is 1.58. The van der Waals surface area contributed by atoms with Gasteiger partial charge in [0, 0.05) is 26.6 Å². The van der Waals surface area contributed by atoms with Crippen molar-refractivity contribution < 1.29 is 133 Å². The molecule has 1 aromatic heterocycles. The number of amides is 2. The van der Waals surface area contributed by atoms with Crippen molar-refractivity contribution in [1.29, 1.82) is 0 Å². The highest BCUT2D eigenvalue weighted by atomic mass is 35.5. The number of likely N-dealkylation sites (tertiary alicyclic amines) is 1. The molecule has 1 saturated heterocycles. The van der Waals surface area contributed by atoms with E-state index in [9.17, 15) is 19.5 Å². The van der Waals surface area contributed by atoms with Gasteiger partial charge in [0.2, 0.25) is 11.8 Å². The maximum Gasteiger partial charge on any atom is 0.332 e. The van der Waals surface area contributed by atoms with Gasteiger partial charge in [-0.1, -0.05) is 32.9 Å². The molecule has 2 amide bonds. The largest absolute Gasteiger partial charge is 0.459 e. The fraction of sp³-hybridized carbons (Fsp3) is 0.829. The molecular weight excluding hydrogens is 1410 g/mol. The fourth-order valence-electron chi connectivity index (χ4n) is 8.92. The van der Waals surface area contributed by atoms with Crippen LogP contribution in [0.25, 0.3) is 10.4 Å². The second-order valence-corrected chi connectivity index (χ2v) is 24.6. The molecule has 32 nitrogen and oxygen atoms in total. The number of hydrogen-bond acceptors (Lipinski definition) is 31. The van der Waals surface area contributed by atoms with Gasteiger partial charge in [-0.2, -0.15) is 0 Å². The number of carbonyl (C=O) groups is 3. The number of aromatic nitrogens is 1. The summed E-state index contributed by atoms with van der Waals surface area (Å²) in [4.78, 5) is 46.2. The summed E-state index contributed by atoms with van der Waals surface area (Å²) in [5.41, 5.74) is 10.6. The number of hydrogen-bond donors (Lipinski definition) is 3. The maximum atomic E-state index is 13.5. The van der Waals surface area contributed by atoms with E-state index in [1.165, 1.54) is 16.2 Å². The molecule has 4 N–H and O–H groups in total. The Labute approximate surface area is 625 Å². The molecule has 2 heterocycles. The third-order valence-electron chi connectivity index (χ3n) is 14.6. The van der Waals surface area contributed by atoms with Crippen molar-refractivity contribution >= 4 is 41.5 Å². The lowest BCUT2D eigenvalue weighted by molar-refractivity contribution is -0.150. The fourth-order valence-corrected chi connectivity index (χ4v) is 9.73. The standard InChI is InChI=1S/C70H124N4O28S.ClH/c1-59-66(103-58-73-59)60-6-7-61(54-72-68(77)64-53-63(75)55-74(64)69(78)67(71)70(2,3)4)62(52-60)56-102-65(76)57-101-51-50-100-49-48-99-47-46-98-45-44-97-43-42-96-41-40-95-39-38-94-37-36-93-35-34-92-33-32-91-31-30-90-29-28-89-27-26-88-25-24-87-23-22-86-21-20-85-19-18-84-17-16-83-15-14-82-13-12-81-11-10-80-9-8-79-5;/h6-7,52,58,63-64,67,75H,8-51,53-57,71H2,1-5H3,(H,72,77);1H/t63-,64+,67-;/m1./s1. The Kier molecular flexibility index (Phi) is 63.9. The molecule has 0 radical (unpaired) electrons. The van der Waals surface area contributed by atoms with E-state index in [1.54, 1.807) is 12.6 Å². The Morgan fingerprint density at radius 1 is 0.490 bits per heavy atom. The zero-order chi connectivity index (χ0) is 74.0. The minimum Gasteiger partial charge on any atom is -0.459 e. The van der Waals surface area contributed by atoms with Crippen molar-refractivity contribution in [3.63, 3.8) is 0 Å². The van der Waals surface area contributed by atoms with E-state index in [1.807, 2.05) is 45.9 Å². The van der Waals surface area contributed by atoms with E-state index in [-0.39, 0.29) is 64.3 Å². The first-order chi connectivity index (χ1) is 50.4. The Bertz CT molecular complexity index is 2310. The molecular formula is C70H125ClN4O28S. The number of esters is 1. The van der Waals surface area contributed by atoms with Gasteiger partial charge in [0.15, 0.2) is 0 Å². The van der Waals surface area contributed by atoms with Gasteiger partial charge in [-0.15, -0.1) is 23.7 Å². The topological polar surface area (TPSA) is 347 Å². The summed E-state index contributed by atoms with van der Waals surface area (Å²) in [5, 5.41) is 13.3. The Morgan fingerprint density at radius 2 is 0.788 bits per heavy atom. The first-order valence-electron chi connectivity index (χ1n) is 35.8. The van der Waals surface area contributed by atoms with Crippen LogP contribution in [0.3, 0.4) is 0 Å². The van der Waals surface area contributed by atoms with Crippen LogP contribution in [0.15, 0.2) is 23.7 Å². The second kappa shape index (κ2) is 68.8. The predicted molar refractivity (Wildman–Crippen MR) is 385 cm³/mol. The van der Waals surface area contributed by atoms with Crippen molar-refractivity contribution in [1.82, 2.24) is 15.2 Å². The smallest absolute Gasteiger partial charge is 0.332 e. The second-order valence-electron chi connectivity index (χ2n) is 23.8. The number of aryl methyl sites for hydroxylation is 1. The highest BCUT2D eigenvalue weighted by Crippen LogP contribution is 2.30. The number of β-amino-alcohol motifs (C(OH)–C–C–N with tert-alkyl or cyclic N) is 1. The summed E-state index contributed by atoms with van der Waals surface area (Å²) < 4.78 is 132. The van der Waals surface area contributed by atoms with E-state index in [0.717, 1.165) is 16.1 Å². The van der Waals surface area contributed by atoms with Crippen molar-refractivity contribution in [2.24, 2.45) is 11.1 Å². The summed E-state index contributed by atoms with van der Waals surface area (Å²) >= 11 is 1.49. The molecule has 1 aromatic carbocycles. The summed E-state index contributed by atoms with van der Waals surface area (Å²) in [5.74, 6) is -1.37. The number of aliphatic hydroxyl groups is 1. The molecule has 0 bridgehead atoms. The summed E-state index contributed by atoms with van der Waals surface area (Å²) in [6.07, 6.45) is -0.745. The van der Waals surface area contributed by atoms with E-state index in [4.69, 9.17) is 119 Å². The van der Waals surface area contributed by atoms with Crippen molar-refractivity contribution in [2.75, 3.05) is 311 Å². The summed E-state index contributed by atoms with van der Waals surface area (Å²) in [7, 11) is 1.64. The highest BCUT2D eigenvalue weighted by Gasteiger charge is 2.42. The van der Waals surface area contributed by atoms with E-state index in [0.29, 0.717) is 289 Å². The van der Waals surface area contributed by atoms with Crippen molar-refractivity contribution in [3.05, 3.63) is 40.5 Å².